The quantitative estimate of drug-likeness (QED) is 0.237. The average molecular weight is 135 g/mol. The van der Waals surface area contributed by atoms with Gasteiger partial charge in [0, 0.05) is 0 Å². The fourth-order valence-electron chi connectivity index (χ4n) is 0.437. The third-order valence-corrected chi connectivity index (χ3v) is 1.03. The number of ether oxygens (including phenoxy) is 1. The molecule has 0 aliphatic carbocycles. The maximum absolute atomic E-state index is 8.59. The molecule has 1 aliphatic heterocycles. The second-order valence-electron chi connectivity index (χ2n) is 1.72. The first-order valence-electron chi connectivity index (χ1n) is 2.23. The molecule has 52 valence electrons. The van der Waals surface area contributed by atoms with E-state index in [0.29, 0.717) is 6.26 Å². The van der Waals surface area contributed by atoms with Crippen molar-refractivity contribution in [2.24, 2.45) is 0 Å². The largest absolute Gasteiger partial charge is 0.504 e. The van der Waals surface area contributed by atoms with Crippen molar-refractivity contribution in [3.63, 3.8) is 0 Å². The van der Waals surface area contributed by atoms with Crippen LogP contribution in [-0.4, -0.2) is 32.5 Å². The average Bonchev–Trinajstić information content (AvgIpc) is 1.96. The maximum atomic E-state index is 8.59. The lowest BCUT2D eigenvalue weighted by molar-refractivity contribution is -0.259. The number of aliphatic hydroxyl groups is 4. The Kier molecular flexibility index (Phi) is 1.13. The highest BCUT2D eigenvalue weighted by atomic mass is 16.8. The molecule has 0 spiro atoms. The number of hydrogen-bond donors (Lipinski definition) is 4. The molecule has 0 fully saturated rings. The van der Waals surface area contributed by atoms with Crippen molar-refractivity contribution in [2.45, 2.75) is 12.1 Å². The third kappa shape index (κ3) is 0.748. The zero-order valence-electron chi connectivity index (χ0n) is 4.35. The minimum atomic E-state index is -2.64. The van der Waals surface area contributed by atoms with Gasteiger partial charge < -0.3 is 25.2 Å². The van der Waals surface area contributed by atoms with Gasteiger partial charge in [-0.05, 0) is 0 Å². The molecule has 0 aromatic heterocycles. The van der Waals surface area contributed by atoms with Crippen molar-refractivity contribution < 1.29 is 25.2 Å². The minimum Gasteiger partial charge on any atom is -0.504 e. The van der Waals surface area contributed by atoms with Crippen LogP contribution in [0.3, 0.4) is 0 Å². The normalized spacial score (nSPS) is 31.4. The van der Waals surface area contributed by atoms with Gasteiger partial charge in [0.2, 0.25) is 0 Å². The lowest BCUT2D eigenvalue weighted by Crippen LogP contribution is -2.40. The molecule has 1 aliphatic rings. The van der Waals surface area contributed by atoms with Crippen molar-refractivity contribution in [3.05, 3.63) is 12.0 Å². The Morgan fingerprint density at radius 2 is 2.11 bits per heavy atom. The molecule has 1 unspecified atom stereocenters. The van der Waals surface area contributed by atoms with Gasteiger partial charge in [0.1, 0.15) is 6.26 Å². The standard InChI is InChI=1S/C4H6O5/c5-2-1-9-3(6)4(2,7)8/h1,3,5-8H/i3+1. The molecule has 0 radical (unpaired) electrons. The zero-order valence-corrected chi connectivity index (χ0v) is 4.35. The Morgan fingerprint density at radius 1 is 1.56 bits per heavy atom. The number of hydrogen-bond acceptors (Lipinski definition) is 5. The summed E-state index contributed by atoms with van der Waals surface area (Å²) in [6.45, 7) is 0. The van der Waals surface area contributed by atoms with E-state index >= 15 is 0 Å². The summed E-state index contributed by atoms with van der Waals surface area (Å²) in [5.74, 6) is -3.44. The summed E-state index contributed by atoms with van der Waals surface area (Å²) in [6.07, 6.45) is -1.12. The monoisotopic (exact) mass is 135 g/mol. The van der Waals surface area contributed by atoms with Crippen molar-refractivity contribution in [3.8, 4) is 0 Å². The molecule has 1 rings (SSSR count). The molecule has 0 saturated carbocycles. The fourth-order valence-corrected chi connectivity index (χ4v) is 0.437. The second kappa shape index (κ2) is 1.60. The van der Waals surface area contributed by atoms with Gasteiger partial charge in [-0.3, -0.25) is 0 Å². The van der Waals surface area contributed by atoms with Crippen LogP contribution in [0.1, 0.15) is 0 Å². The first kappa shape index (κ1) is 6.34. The highest BCUT2D eigenvalue weighted by molar-refractivity contribution is 5.05. The SMILES string of the molecule is OC1=CO[13CH](O)C1(O)O. The molecule has 5 nitrogen and oxygen atoms in total. The van der Waals surface area contributed by atoms with E-state index in [1.54, 1.807) is 0 Å². The van der Waals surface area contributed by atoms with E-state index in [4.69, 9.17) is 20.4 Å². The Bertz CT molecular complexity index is 149. The summed E-state index contributed by atoms with van der Waals surface area (Å²) in [5.41, 5.74) is 0. The molecule has 1 atom stereocenters. The van der Waals surface area contributed by atoms with Crippen LogP contribution in [0, 0.1) is 0 Å². The number of rotatable bonds is 0. The van der Waals surface area contributed by atoms with Gasteiger partial charge in [0.05, 0.1) is 0 Å². The van der Waals surface area contributed by atoms with E-state index < -0.39 is 17.8 Å². The van der Waals surface area contributed by atoms with Crippen LogP contribution in [0.4, 0.5) is 0 Å². The van der Waals surface area contributed by atoms with Gasteiger partial charge in [-0.25, -0.2) is 0 Å². The van der Waals surface area contributed by atoms with E-state index in [1.165, 1.54) is 0 Å². The van der Waals surface area contributed by atoms with Crippen LogP contribution in [-0.2, 0) is 4.74 Å². The van der Waals surface area contributed by atoms with Crippen molar-refractivity contribution in [2.75, 3.05) is 0 Å². The van der Waals surface area contributed by atoms with Gasteiger partial charge in [0.25, 0.3) is 12.1 Å². The van der Waals surface area contributed by atoms with Gasteiger partial charge in [0.15, 0.2) is 5.76 Å². The summed E-state index contributed by atoms with van der Waals surface area (Å²) in [6, 6.07) is 0. The van der Waals surface area contributed by atoms with Crippen LogP contribution in [0.5, 0.6) is 0 Å². The Balaban J connectivity index is 2.81. The molecule has 5 heteroatoms. The molecule has 0 amide bonds. The van der Waals surface area contributed by atoms with Crippen molar-refractivity contribution >= 4 is 0 Å². The Hall–Kier alpha value is -0.780. The molecule has 0 aromatic rings. The van der Waals surface area contributed by atoms with Gasteiger partial charge in [-0.1, -0.05) is 0 Å². The molecule has 4 N–H and O–H groups in total. The Morgan fingerprint density at radius 3 is 2.22 bits per heavy atom. The maximum Gasteiger partial charge on any atom is 0.290 e. The second-order valence-corrected chi connectivity index (χ2v) is 1.72. The highest BCUT2D eigenvalue weighted by Crippen LogP contribution is 2.23. The molecule has 0 bridgehead atoms. The molecule has 0 saturated heterocycles. The van der Waals surface area contributed by atoms with E-state index in [9.17, 15) is 0 Å². The first-order chi connectivity index (χ1) is 4.05. The van der Waals surface area contributed by atoms with E-state index in [2.05, 4.69) is 4.74 Å². The van der Waals surface area contributed by atoms with Crippen molar-refractivity contribution in [1.82, 2.24) is 0 Å². The van der Waals surface area contributed by atoms with Crippen LogP contribution in [0.25, 0.3) is 0 Å². The lowest BCUT2D eigenvalue weighted by Gasteiger charge is -2.16. The van der Waals surface area contributed by atoms with Crippen LogP contribution >= 0.6 is 0 Å². The van der Waals surface area contributed by atoms with E-state index in [-0.39, 0.29) is 0 Å². The van der Waals surface area contributed by atoms with Gasteiger partial charge >= 0.3 is 0 Å². The van der Waals surface area contributed by atoms with Gasteiger partial charge in [-0.15, -0.1) is 0 Å². The summed E-state index contributed by atoms with van der Waals surface area (Å²) in [7, 11) is 0. The topological polar surface area (TPSA) is 90.2 Å². The lowest BCUT2D eigenvalue weighted by atomic mass is 10.4. The molecule has 1 heterocycles. The zero-order chi connectivity index (χ0) is 7.07. The van der Waals surface area contributed by atoms with Crippen LogP contribution < -0.4 is 0 Å². The molecule has 9 heavy (non-hydrogen) atoms. The molecular formula is C4H6O5. The molecular weight excluding hydrogens is 129 g/mol. The van der Waals surface area contributed by atoms with Crippen molar-refractivity contribution in [1.29, 1.82) is 0 Å². The van der Waals surface area contributed by atoms with Crippen LogP contribution in [0.15, 0.2) is 12.0 Å². The number of aliphatic hydroxyl groups excluding tert-OH is 2. The minimum absolute atomic E-state index is 0.671. The summed E-state index contributed by atoms with van der Waals surface area (Å²) < 4.78 is 4.12. The summed E-state index contributed by atoms with van der Waals surface area (Å²) in [4.78, 5) is 0. The summed E-state index contributed by atoms with van der Waals surface area (Å²) >= 11 is 0. The van der Waals surface area contributed by atoms with E-state index in [0.717, 1.165) is 0 Å². The molecule has 0 aromatic carbocycles. The predicted octanol–water partition coefficient (Wildman–Crippen LogP) is -1.58. The van der Waals surface area contributed by atoms with Gasteiger partial charge in [-0.2, -0.15) is 0 Å². The highest BCUT2D eigenvalue weighted by Gasteiger charge is 2.44. The fraction of sp³-hybridized carbons (Fsp3) is 0.500. The van der Waals surface area contributed by atoms with E-state index in [1.807, 2.05) is 0 Å². The predicted molar refractivity (Wildman–Crippen MR) is 25.0 cm³/mol. The Labute approximate surface area is 50.4 Å². The smallest absolute Gasteiger partial charge is 0.290 e. The summed E-state index contributed by atoms with van der Waals surface area (Å²) in [5, 5.41) is 34.2. The van der Waals surface area contributed by atoms with Crippen LogP contribution in [0.2, 0.25) is 0 Å². The third-order valence-electron chi connectivity index (χ3n) is 1.03. The first-order valence-corrected chi connectivity index (χ1v) is 2.23.